The van der Waals surface area contributed by atoms with Gasteiger partial charge >= 0.3 is 0 Å². The van der Waals surface area contributed by atoms with E-state index in [4.69, 9.17) is 24.5 Å². The summed E-state index contributed by atoms with van der Waals surface area (Å²) in [5, 5.41) is 14.6. The average molecular weight is 491 g/mol. The van der Waals surface area contributed by atoms with Crippen LogP contribution in [0, 0.1) is 10.1 Å². The average Bonchev–Trinajstić information content (AvgIpc) is 2.85. The fraction of sp³-hybridized carbons (Fsp3) is 0.400. The fourth-order valence-corrected chi connectivity index (χ4v) is 5.15. The Hall–Kier alpha value is -3.10. The van der Waals surface area contributed by atoms with Crippen LogP contribution in [-0.4, -0.2) is 57.6 Å². The van der Waals surface area contributed by atoms with Gasteiger partial charge in [-0.2, -0.15) is 0 Å². The lowest BCUT2D eigenvalue weighted by Crippen LogP contribution is -2.66. The van der Waals surface area contributed by atoms with Gasteiger partial charge < -0.3 is 18.9 Å². The summed E-state index contributed by atoms with van der Waals surface area (Å²) >= 11 is 0. The van der Waals surface area contributed by atoms with Crippen LogP contribution in [0.25, 0.3) is 10.4 Å². The number of sulfonamides is 1. The van der Waals surface area contributed by atoms with Gasteiger partial charge in [-0.3, -0.25) is 10.1 Å². The van der Waals surface area contributed by atoms with Gasteiger partial charge in [-0.05, 0) is 17.7 Å². The SMILES string of the molecule is CO[C@H]1O[C@@H]2CO[C@@H](c3ccccc3)O[C@H]2[C@@H](NS(=O)(=O)c2ccc([N+](=O)[O-])cc2)[C@@H]1N=[N+]=[N-]. The number of azide groups is 1. The number of non-ortho nitro benzene ring substituents is 1. The van der Waals surface area contributed by atoms with Gasteiger partial charge in [0.2, 0.25) is 10.0 Å². The number of nitro groups is 1. The van der Waals surface area contributed by atoms with Crippen LogP contribution in [0.3, 0.4) is 0 Å². The van der Waals surface area contributed by atoms with E-state index in [-0.39, 0.29) is 17.2 Å². The van der Waals surface area contributed by atoms with E-state index >= 15 is 0 Å². The Balaban J connectivity index is 1.67. The molecule has 0 saturated carbocycles. The third kappa shape index (κ3) is 4.88. The van der Waals surface area contributed by atoms with Crippen molar-refractivity contribution in [2.45, 2.75) is 41.8 Å². The number of hydrogen-bond donors (Lipinski definition) is 1. The van der Waals surface area contributed by atoms with Crippen LogP contribution in [0.4, 0.5) is 5.69 Å². The molecule has 4 rings (SSSR count). The third-order valence-corrected chi connectivity index (χ3v) is 6.98. The van der Waals surface area contributed by atoms with E-state index in [9.17, 15) is 18.5 Å². The minimum atomic E-state index is -4.21. The van der Waals surface area contributed by atoms with Crippen molar-refractivity contribution in [3.05, 3.63) is 80.7 Å². The Morgan fingerprint density at radius 2 is 1.88 bits per heavy atom. The van der Waals surface area contributed by atoms with Crippen LogP contribution < -0.4 is 4.72 Å². The highest BCUT2D eigenvalue weighted by atomic mass is 32.2. The molecular formula is C20H21N5O8S. The molecule has 34 heavy (non-hydrogen) atoms. The highest BCUT2D eigenvalue weighted by Crippen LogP contribution is 2.36. The van der Waals surface area contributed by atoms with Crippen molar-refractivity contribution in [3.63, 3.8) is 0 Å². The first-order chi connectivity index (χ1) is 16.3. The van der Waals surface area contributed by atoms with Crippen molar-refractivity contribution < 1.29 is 32.3 Å². The summed E-state index contributed by atoms with van der Waals surface area (Å²) in [6.07, 6.45) is -3.49. The van der Waals surface area contributed by atoms with E-state index in [2.05, 4.69) is 14.7 Å². The number of ether oxygens (including phenoxy) is 4. The smallest absolute Gasteiger partial charge is 0.269 e. The molecule has 0 spiro atoms. The van der Waals surface area contributed by atoms with Gasteiger partial charge in [0.1, 0.15) is 18.2 Å². The zero-order valence-electron chi connectivity index (χ0n) is 17.8. The lowest BCUT2D eigenvalue weighted by Gasteiger charge is -2.48. The number of fused-ring (bicyclic) bond motifs is 1. The number of rotatable bonds is 7. The van der Waals surface area contributed by atoms with Gasteiger partial charge in [0.05, 0.1) is 22.5 Å². The zero-order chi connectivity index (χ0) is 24.3. The Morgan fingerprint density at radius 1 is 1.18 bits per heavy atom. The molecule has 13 nitrogen and oxygen atoms in total. The quantitative estimate of drug-likeness (QED) is 0.202. The molecule has 180 valence electrons. The van der Waals surface area contributed by atoms with Gasteiger partial charge in [-0.25, -0.2) is 13.1 Å². The van der Waals surface area contributed by atoms with E-state index in [0.717, 1.165) is 24.3 Å². The van der Waals surface area contributed by atoms with Crippen molar-refractivity contribution in [2.24, 2.45) is 5.11 Å². The van der Waals surface area contributed by atoms with Crippen LogP contribution >= 0.6 is 0 Å². The summed E-state index contributed by atoms with van der Waals surface area (Å²) in [7, 11) is -2.87. The second-order valence-corrected chi connectivity index (χ2v) is 9.26. The maximum atomic E-state index is 13.2. The number of nitrogens with one attached hydrogen (secondary N) is 1. The molecule has 0 radical (unpaired) electrons. The summed E-state index contributed by atoms with van der Waals surface area (Å²) in [6.45, 7) is 0.0723. The van der Waals surface area contributed by atoms with E-state index in [0.29, 0.717) is 5.56 Å². The number of nitro benzene ring substituents is 1. The molecule has 6 atom stereocenters. The number of hydrogen-bond acceptors (Lipinski definition) is 9. The molecule has 2 heterocycles. The first-order valence-electron chi connectivity index (χ1n) is 10.2. The molecule has 0 aliphatic carbocycles. The lowest BCUT2D eigenvalue weighted by molar-refractivity contribution is -0.384. The van der Waals surface area contributed by atoms with Gasteiger partial charge in [0.25, 0.3) is 5.69 Å². The predicted molar refractivity (Wildman–Crippen MR) is 116 cm³/mol. The standard InChI is InChI=1S/C20H21N5O8S/c1-30-20-17(22-24-21)16(23-34(28,29)14-9-7-13(8-10-14)25(26)27)18-15(32-20)11-31-19(33-18)12-5-3-2-4-6-12/h2-10,15-20,23H,11H2,1H3/t15-,16+,17+,18-,19-,20+/m1/s1. The second-order valence-electron chi connectivity index (χ2n) is 7.55. The Kier molecular flexibility index (Phi) is 7.09. The molecule has 2 fully saturated rings. The van der Waals surface area contributed by atoms with E-state index < -0.39 is 51.8 Å². The van der Waals surface area contributed by atoms with E-state index in [1.165, 1.54) is 7.11 Å². The molecule has 0 unspecified atom stereocenters. The van der Waals surface area contributed by atoms with Crippen molar-refractivity contribution in [2.75, 3.05) is 13.7 Å². The molecule has 2 aliphatic heterocycles. The lowest BCUT2D eigenvalue weighted by atomic mass is 9.94. The molecule has 2 aliphatic rings. The van der Waals surface area contributed by atoms with Gasteiger partial charge in [0.15, 0.2) is 12.6 Å². The first kappa shape index (κ1) is 24.0. The largest absolute Gasteiger partial charge is 0.355 e. The van der Waals surface area contributed by atoms with Crippen LogP contribution in [-0.2, 0) is 29.0 Å². The summed E-state index contributed by atoms with van der Waals surface area (Å²) in [4.78, 5) is 12.9. The Bertz CT molecular complexity index is 1170. The summed E-state index contributed by atoms with van der Waals surface area (Å²) in [5.41, 5.74) is 9.57. The molecule has 1 N–H and O–H groups in total. The summed E-state index contributed by atoms with van der Waals surface area (Å²) in [6, 6.07) is 11.3. The van der Waals surface area contributed by atoms with Crippen molar-refractivity contribution in [1.82, 2.24) is 4.72 Å². The maximum absolute atomic E-state index is 13.2. The molecule has 2 aromatic carbocycles. The molecular weight excluding hydrogens is 470 g/mol. The van der Waals surface area contributed by atoms with Crippen LogP contribution in [0.1, 0.15) is 11.9 Å². The van der Waals surface area contributed by atoms with Crippen LogP contribution in [0.2, 0.25) is 0 Å². The number of methoxy groups -OCH3 is 1. The molecule has 2 saturated heterocycles. The monoisotopic (exact) mass is 491 g/mol. The molecule has 14 heteroatoms. The first-order valence-corrected chi connectivity index (χ1v) is 11.6. The minimum absolute atomic E-state index is 0.0723. The van der Waals surface area contributed by atoms with E-state index in [1.807, 2.05) is 18.2 Å². The molecule has 0 bridgehead atoms. The highest BCUT2D eigenvalue weighted by molar-refractivity contribution is 7.89. The highest BCUT2D eigenvalue weighted by Gasteiger charge is 2.51. The normalized spacial score (nSPS) is 29.0. The maximum Gasteiger partial charge on any atom is 0.269 e. The van der Waals surface area contributed by atoms with Crippen molar-refractivity contribution in [1.29, 1.82) is 0 Å². The van der Waals surface area contributed by atoms with Gasteiger partial charge in [-0.15, -0.1) is 0 Å². The van der Waals surface area contributed by atoms with Crippen LogP contribution in [0.5, 0.6) is 0 Å². The van der Waals surface area contributed by atoms with E-state index in [1.54, 1.807) is 12.1 Å². The fourth-order valence-electron chi connectivity index (χ4n) is 3.89. The van der Waals surface area contributed by atoms with Gasteiger partial charge in [-0.1, -0.05) is 35.4 Å². The minimum Gasteiger partial charge on any atom is -0.355 e. The summed E-state index contributed by atoms with van der Waals surface area (Å²) in [5.74, 6) is 0. The molecule has 0 aromatic heterocycles. The Labute approximate surface area is 194 Å². The van der Waals surface area contributed by atoms with Crippen molar-refractivity contribution in [3.8, 4) is 0 Å². The van der Waals surface area contributed by atoms with Crippen molar-refractivity contribution >= 4 is 15.7 Å². The third-order valence-electron chi connectivity index (χ3n) is 5.51. The van der Waals surface area contributed by atoms with Gasteiger partial charge in [0, 0.05) is 29.7 Å². The zero-order valence-corrected chi connectivity index (χ0v) is 18.6. The predicted octanol–water partition coefficient (Wildman–Crippen LogP) is 2.41. The second kappa shape index (κ2) is 10.0. The summed E-state index contributed by atoms with van der Waals surface area (Å²) < 4.78 is 51.9. The molecule has 2 aromatic rings. The Morgan fingerprint density at radius 3 is 2.50 bits per heavy atom. The number of nitrogens with zero attached hydrogens (tertiary/aromatic N) is 4. The topological polar surface area (TPSA) is 175 Å². The molecule has 0 amide bonds. The van der Waals surface area contributed by atoms with Crippen LogP contribution in [0.15, 0.2) is 64.6 Å². The number of benzene rings is 2.